The molecule has 0 bridgehead atoms. The summed E-state index contributed by atoms with van der Waals surface area (Å²) in [6.45, 7) is 5.14. The molecular weight excluding hydrogens is 324 g/mol. The number of anilines is 1. The third-order valence-corrected chi connectivity index (χ3v) is 3.84. The number of hydrazone groups is 1. The number of aromatic nitrogens is 2. The number of carbonyl (C=O) groups excluding carboxylic acids is 1. The summed E-state index contributed by atoms with van der Waals surface area (Å²) < 4.78 is 7.18. The Morgan fingerprint density at radius 2 is 2.12 bits per heavy atom. The average molecular weight is 344 g/mol. The molecule has 3 heterocycles. The Labute approximate surface area is 144 Å². The van der Waals surface area contributed by atoms with Crippen molar-refractivity contribution >= 4 is 23.7 Å². The predicted molar refractivity (Wildman–Crippen MR) is 94.0 cm³/mol. The number of fused-ring (bicyclic) bond motifs is 1. The van der Waals surface area contributed by atoms with Gasteiger partial charge >= 0.3 is 6.03 Å². The molecule has 132 valence electrons. The zero-order valence-corrected chi connectivity index (χ0v) is 14.0. The van der Waals surface area contributed by atoms with E-state index in [4.69, 9.17) is 10.5 Å². The normalized spacial score (nSPS) is 21.0. The molecule has 2 aromatic heterocycles. The maximum atomic E-state index is 12.9. The van der Waals surface area contributed by atoms with Gasteiger partial charge in [-0.05, 0) is 26.0 Å². The number of pyridine rings is 1. The molecule has 2 amide bonds. The van der Waals surface area contributed by atoms with Crippen LogP contribution in [0.1, 0.15) is 19.4 Å². The van der Waals surface area contributed by atoms with Gasteiger partial charge in [-0.15, -0.1) is 0 Å². The molecule has 2 aromatic rings. The standard InChI is InChI=1S/C16H20N6O3/c1-10-8-21(9-11(2)25-10)14-12(7-18-20-16(17)24)15(23)22-6-4-3-5-13(22)19-14/h3-7,10-11H,8-9H2,1-2H3,(H3,17,20,24). The third kappa shape index (κ3) is 3.61. The van der Waals surface area contributed by atoms with Crippen molar-refractivity contribution in [3.63, 3.8) is 0 Å². The van der Waals surface area contributed by atoms with Crippen LogP contribution in [0.25, 0.3) is 5.65 Å². The quantitative estimate of drug-likeness (QED) is 0.614. The number of rotatable bonds is 3. The Morgan fingerprint density at radius 1 is 1.40 bits per heavy atom. The van der Waals surface area contributed by atoms with Gasteiger partial charge in [0.15, 0.2) is 0 Å². The zero-order chi connectivity index (χ0) is 18.0. The van der Waals surface area contributed by atoms with Crippen LogP contribution < -0.4 is 21.6 Å². The van der Waals surface area contributed by atoms with Gasteiger partial charge in [0.05, 0.1) is 18.4 Å². The average Bonchev–Trinajstić information content (AvgIpc) is 2.55. The van der Waals surface area contributed by atoms with Crippen molar-refractivity contribution in [3.8, 4) is 0 Å². The van der Waals surface area contributed by atoms with Crippen molar-refractivity contribution in [2.45, 2.75) is 26.1 Å². The molecule has 1 fully saturated rings. The second kappa shape index (κ2) is 6.89. The van der Waals surface area contributed by atoms with Crippen molar-refractivity contribution in [1.29, 1.82) is 0 Å². The van der Waals surface area contributed by atoms with E-state index >= 15 is 0 Å². The highest BCUT2D eigenvalue weighted by Crippen LogP contribution is 2.20. The van der Waals surface area contributed by atoms with Crippen LogP contribution in [-0.2, 0) is 4.74 Å². The van der Waals surface area contributed by atoms with Gasteiger partial charge in [-0.1, -0.05) is 6.07 Å². The van der Waals surface area contributed by atoms with Crippen molar-refractivity contribution in [3.05, 3.63) is 40.3 Å². The van der Waals surface area contributed by atoms with E-state index in [-0.39, 0.29) is 23.3 Å². The monoisotopic (exact) mass is 344 g/mol. The Bertz CT molecular complexity index is 868. The van der Waals surface area contributed by atoms with Crippen LogP contribution in [0, 0.1) is 0 Å². The third-order valence-electron chi connectivity index (χ3n) is 3.84. The van der Waals surface area contributed by atoms with Crippen LogP contribution in [0.3, 0.4) is 0 Å². The van der Waals surface area contributed by atoms with E-state index in [0.29, 0.717) is 24.6 Å². The molecule has 2 unspecified atom stereocenters. The summed E-state index contributed by atoms with van der Waals surface area (Å²) in [5.41, 5.74) is 7.66. The molecule has 1 aliphatic rings. The molecule has 25 heavy (non-hydrogen) atoms. The lowest BCUT2D eigenvalue weighted by molar-refractivity contribution is -0.00546. The first-order valence-electron chi connectivity index (χ1n) is 7.96. The Morgan fingerprint density at radius 3 is 2.80 bits per heavy atom. The first-order valence-corrected chi connectivity index (χ1v) is 7.96. The number of morpholine rings is 1. The van der Waals surface area contributed by atoms with Gasteiger partial charge in [0.2, 0.25) is 0 Å². The molecule has 9 heteroatoms. The lowest BCUT2D eigenvalue weighted by atomic mass is 10.2. The maximum absolute atomic E-state index is 12.9. The number of hydrogen-bond donors (Lipinski definition) is 2. The number of primary amides is 1. The minimum absolute atomic E-state index is 0.00769. The highest BCUT2D eigenvalue weighted by Gasteiger charge is 2.26. The van der Waals surface area contributed by atoms with Gasteiger partial charge in [-0.3, -0.25) is 9.20 Å². The topological polar surface area (TPSA) is 114 Å². The second-order valence-electron chi connectivity index (χ2n) is 5.98. The first kappa shape index (κ1) is 16.9. The van der Waals surface area contributed by atoms with Crippen molar-refractivity contribution in [2.75, 3.05) is 18.0 Å². The molecule has 0 radical (unpaired) electrons. The highest BCUT2D eigenvalue weighted by atomic mass is 16.5. The predicted octanol–water partition coefficient (Wildman–Crippen LogP) is 0.310. The summed E-state index contributed by atoms with van der Waals surface area (Å²) in [5, 5.41) is 3.74. The molecule has 0 aromatic carbocycles. The van der Waals surface area contributed by atoms with Crippen LogP contribution in [0.4, 0.5) is 10.6 Å². The Balaban J connectivity index is 2.12. The van der Waals surface area contributed by atoms with E-state index in [2.05, 4.69) is 15.5 Å². The van der Waals surface area contributed by atoms with E-state index in [1.54, 1.807) is 18.3 Å². The van der Waals surface area contributed by atoms with Crippen molar-refractivity contribution in [1.82, 2.24) is 14.8 Å². The molecular formula is C16H20N6O3. The van der Waals surface area contributed by atoms with Gasteiger partial charge in [-0.25, -0.2) is 15.2 Å². The summed E-state index contributed by atoms with van der Waals surface area (Å²) in [7, 11) is 0. The summed E-state index contributed by atoms with van der Waals surface area (Å²) in [6.07, 6.45) is 2.93. The largest absolute Gasteiger partial charge is 0.372 e. The summed E-state index contributed by atoms with van der Waals surface area (Å²) in [4.78, 5) is 30.3. The van der Waals surface area contributed by atoms with E-state index in [1.165, 1.54) is 10.6 Å². The lowest BCUT2D eigenvalue weighted by Crippen LogP contribution is -2.47. The van der Waals surface area contributed by atoms with Crippen molar-refractivity contribution in [2.24, 2.45) is 10.8 Å². The minimum atomic E-state index is -0.805. The van der Waals surface area contributed by atoms with Crippen LogP contribution in [0.2, 0.25) is 0 Å². The van der Waals surface area contributed by atoms with Gasteiger partial charge in [0, 0.05) is 19.3 Å². The SMILES string of the molecule is CC1CN(c2nc3ccccn3c(=O)c2C=NNC(N)=O)CC(C)O1. The second-order valence-corrected chi connectivity index (χ2v) is 5.98. The molecule has 2 atom stereocenters. The lowest BCUT2D eigenvalue weighted by Gasteiger charge is -2.36. The summed E-state index contributed by atoms with van der Waals surface area (Å²) in [5.74, 6) is 0.508. The van der Waals surface area contributed by atoms with E-state index < -0.39 is 6.03 Å². The molecule has 1 aliphatic heterocycles. The van der Waals surface area contributed by atoms with Gasteiger partial charge < -0.3 is 15.4 Å². The fourth-order valence-electron chi connectivity index (χ4n) is 2.96. The fourth-order valence-corrected chi connectivity index (χ4v) is 2.96. The number of ether oxygens (including phenoxy) is 1. The number of nitrogens with two attached hydrogens (primary N) is 1. The molecule has 1 saturated heterocycles. The van der Waals surface area contributed by atoms with Crippen LogP contribution in [0.15, 0.2) is 34.3 Å². The van der Waals surface area contributed by atoms with Gasteiger partial charge in [0.1, 0.15) is 17.0 Å². The van der Waals surface area contributed by atoms with Gasteiger partial charge in [-0.2, -0.15) is 5.10 Å². The smallest absolute Gasteiger partial charge is 0.332 e. The molecule has 0 spiro atoms. The number of carbonyl (C=O) groups is 1. The van der Waals surface area contributed by atoms with Crippen LogP contribution in [-0.4, -0.2) is 46.9 Å². The Kier molecular flexibility index (Phi) is 4.66. The molecule has 0 aliphatic carbocycles. The fraction of sp³-hybridized carbons (Fsp3) is 0.375. The molecule has 9 nitrogen and oxygen atoms in total. The number of urea groups is 1. The van der Waals surface area contributed by atoms with E-state index in [0.717, 1.165) is 0 Å². The number of nitrogens with zero attached hydrogens (tertiary/aromatic N) is 4. The minimum Gasteiger partial charge on any atom is -0.372 e. The van der Waals surface area contributed by atoms with E-state index in [9.17, 15) is 9.59 Å². The highest BCUT2D eigenvalue weighted by molar-refractivity contribution is 5.87. The summed E-state index contributed by atoms with van der Waals surface area (Å²) in [6, 6.07) is 4.52. The molecule has 0 saturated carbocycles. The first-order chi connectivity index (χ1) is 12.0. The van der Waals surface area contributed by atoms with Crippen molar-refractivity contribution < 1.29 is 9.53 Å². The summed E-state index contributed by atoms with van der Waals surface area (Å²) >= 11 is 0. The van der Waals surface area contributed by atoms with Crippen LogP contribution >= 0.6 is 0 Å². The molecule has 3 N–H and O–H groups in total. The number of hydrogen-bond acceptors (Lipinski definition) is 6. The van der Waals surface area contributed by atoms with E-state index in [1.807, 2.05) is 24.8 Å². The number of nitrogens with one attached hydrogen (secondary N) is 1. The van der Waals surface area contributed by atoms with Crippen LogP contribution in [0.5, 0.6) is 0 Å². The molecule has 3 rings (SSSR count). The zero-order valence-electron chi connectivity index (χ0n) is 14.0. The maximum Gasteiger partial charge on any atom is 0.332 e. The van der Waals surface area contributed by atoms with Gasteiger partial charge in [0.25, 0.3) is 5.56 Å². The Hall–Kier alpha value is -2.94. The number of amides is 2.